The summed E-state index contributed by atoms with van der Waals surface area (Å²) in [4.78, 5) is 1.30. The fourth-order valence-electron chi connectivity index (χ4n) is 1.49. The number of hydrogen-bond acceptors (Lipinski definition) is 2. The van der Waals surface area contributed by atoms with Crippen LogP contribution in [0.15, 0.2) is 23.1 Å². The van der Waals surface area contributed by atoms with E-state index in [1.54, 1.807) is 11.8 Å². The Hall–Kier alpha value is -0.630. The highest BCUT2D eigenvalue weighted by atomic mass is 32.2. The van der Waals surface area contributed by atoms with Crippen LogP contribution in [0.4, 0.5) is 0 Å². The molecule has 0 spiro atoms. The fraction of sp³-hybridized carbons (Fsp3) is 0.538. The Morgan fingerprint density at radius 1 is 1.27 bits per heavy atom. The molecule has 1 nitrogen and oxygen atoms in total. The molecular weight excluding hydrogens is 204 g/mol. The highest BCUT2D eigenvalue weighted by molar-refractivity contribution is 7.98. The molecule has 82 valence electrons. The standard InChI is InChI=1S/C13H18OS/c1-9(2)10-6-12(14-11-4-5-11)8-13(7-10)15-3/h6-9,11H,4-5H2,1-3H3. The van der Waals surface area contributed by atoms with Crippen LogP contribution in [0.25, 0.3) is 0 Å². The Balaban J connectivity index is 2.23. The molecule has 0 N–H and O–H groups in total. The first-order chi connectivity index (χ1) is 7.19. The van der Waals surface area contributed by atoms with Crippen molar-refractivity contribution in [3.8, 4) is 5.75 Å². The zero-order chi connectivity index (χ0) is 10.8. The molecule has 2 heteroatoms. The molecule has 0 aromatic heterocycles. The van der Waals surface area contributed by atoms with Crippen molar-refractivity contribution in [2.75, 3.05) is 6.26 Å². The quantitative estimate of drug-likeness (QED) is 0.710. The van der Waals surface area contributed by atoms with E-state index in [9.17, 15) is 0 Å². The molecule has 0 saturated heterocycles. The van der Waals surface area contributed by atoms with Crippen molar-refractivity contribution >= 4 is 11.8 Å². The van der Waals surface area contributed by atoms with Gasteiger partial charge in [-0.25, -0.2) is 0 Å². The highest BCUT2D eigenvalue weighted by Gasteiger charge is 2.23. The van der Waals surface area contributed by atoms with Crippen LogP contribution < -0.4 is 4.74 Å². The second kappa shape index (κ2) is 4.48. The Kier molecular flexibility index (Phi) is 3.25. The van der Waals surface area contributed by atoms with E-state index in [1.165, 1.54) is 23.3 Å². The van der Waals surface area contributed by atoms with Crippen LogP contribution in [-0.4, -0.2) is 12.4 Å². The van der Waals surface area contributed by atoms with Gasteiger partial charge in [-0.15, -0.1) is 11.8 Å². The second-order valence-electron chi connectivity index (χ2n) is 4.41. The second-order valence-corrected chi connectivity index (χ2v) is 5.29. The van der Waals surface area contributed by atoms with Crippen LogP contribution in [0.2, 0.25) is 0 Å². The van der Waals surface area contributed by atoms with Gasteiger partial charge < -0.3 is 4.74 Å². The minimum atomic E-state index is 0.488. The topological polar surface area (TPSA) is 9.23 Å². The Bertz CT molecular complexity index is 342. The van der Waals surface area contributed by atoms with Crippen molar-refractivity contribution in [1.29, 1.82) is 0 Å². The zero-order valence-corrected chi connectivity index (χ0v) is 10.4. The smallest absolute Gasteiger partial charge is 0.121 e. The normalized spacial score (nSPS) is 15.7. The SMILES string of the molecule is CSc1cc(OC2CC2)cc(C(C)C)c1. The van der Waals surface area contributed by atoms with Gasteiger partial charge in [0.1, 0.15) is 5.75 Å². The molecule has 2 rings (SSSR count). The molecule has 0 unspecified atom stereocenters. The van der Waals surface area contributed by atoms with E-state index in [4.69, 9.17) is 4.74 Å². The number of benzene rings is 1. The predicted octanol–water partition coefficient (Wildman–Crippen LogP) is 4.07. The number of rotatable bonds is 4. The van der Waals surface area contributed by atoms with Gasteiger partial charge >= 0.3 is 0 Å². The third kappa shape index (κ3) is 2.91. The molecule has 0 atom stereocenters. The third-order valence-electron chi connectivity index (χ3n) is 2.63. The molecular formula is C13H18OS. The average Bonchev–Trinajstić information content (AvgIpc) is 3.01. The lowest BCUT2D eigenvalue weighted by Crippen LogP contribution is -1.97. The largest absolute Gasteiger partial charge is 0.490 e. The van der Waals surface area contributed by atoms with Crippen molar-refractivity contribution in [1.82, 2.24) is 0 Å². The lowest BCUT2D eigenvalue weighted by Gasteiger charge is -2.11. The molecule has 15 heavy (non-hydrogen) atoms. The third-order valence-corrected chi connectivity index (χ3v) is 3.34. The summed E-state index contributed by atoms with van der Waals surface area (Å²) < 4.78 is 5.85. The number of ether oxygens (including phenoxy) is 1. The first-order valence-electron chi connectivity index (χ1n) is 5.54. The monoisotopic (exact) mass is 222 g/mol. The Labute approximate surface area is 96.2 Å². The summed E-state index contributed by atoms with van der Waals surface area (Å²) in [6.45, 7) is 4.45. The zero-order valence-electron chi connectivity index (χ0n) is 9.62. The first kappa shape index (κ1) is 10.9. The maximum atomic E-state index is 5.85. The number of thioether (sulfide) groups is 1. The summed E-state index contributed by atoms with van der Waals surface area (Å²) in [5.74, 6) is 1.62. The van der Waals surface area contributed by atoms with E-state index in [0.717, 1.165) is 5.75 Å². The summed E-state index contributed by atoms with van der Waals surface area (Å²) in [7, 11) is 0. The van der Waals surface area contributed by atoms with Gasteiger partial charge in [0.25, 0.3) is 0 Å². The maximum Gasteiger partial charge on any atom is 0.121 e. The number of hydrogen-bond donors (Lipinski definition) is 0. The van der Waals surface area contributed by atoms with Gasteiger partial charge in [-0.1, -0.05) is 13.8 Å². The maximum absolute atomic E-state index is 5.85. The van der Waals surface area contributed by atoms with Gasteiger partial charge in [0, 0.05) is 4.90 Å². The molecule has 1 aromatic carbocycles. The molecule has 1 aliphatic carbocycles. The van der Waals surface area contributed by atoms with Gasteiger partial charge in [-0.05, 0) is 48.8 Å². The molecule has 1 aliphatic rings. The molecule has 0 heterocycles. The van der Waals surface area contributed by atoms with E-state index in [2.05, 4.69) is 38.3 Å². The molecule has 1 aromatic rings. The molecule has 0 bridgehead atoms. The predicted molar refractivity (Wildman–Crippen MR) is 66.0 cm³/mol. The van der Waals surface area contributed by atoms with Crippen molar-refractivity contribution in [3.63, 3.8) is 0 Å². The van der Waals surface area contributed by atoms with Crippen molar-refractivity contribution in [2.24, 2.45) is 0 Å². The van der Waals surface area contributed by atoms with Crippen LogP contribution >= 0.6 is 11.8 Å². The van der Waals surface area contributed by atoms with Crippen molar-refractivity contribution < 1.29 is 4.74 Å². The molecule has 0 radical (unpaired) electrons. The Morgan fingerprint density at radius 3 is 2.53 bits per heavy atom. The van der Waals surface area contributed by atoms with Gasteiger partial charge in [0.15, 0.2) is 0 Å². The summed E-state index contributed by atoms with van der Waals surface area (Å²) in [6, 6.07) is 6.59. The highest BCUT2D eigenvalue weighted by Crippen LogP contribution is 2.32. The molecule has 0 amide bonds. The van der Waals surface area contributed by atoms with E-state index < -0.39 is 0 Å². The van der Waals surface area contributed by atoms with Crippen molar-refractivity contribution in [3.05, 3.63) is 23.8 Å². The van der Waals surface area contributed by atoms with Crippen LogP contribution in [0.3, 0.4) is 0 Å². The minimum absolute atomic E-state index is 0.488. The lowest BCUT2D eigenvalue weighted by atomic mass is 10.0. The molecule has 1 saturated carbocycles. The Morgan fingerprint density at radius 2 is 2.00 bits per heavy atom. The lowest BCUT2D eigenvalue weighted by molar-refractivity contribution is 0.302. The summed E-state index contributed by atoms with van der Waals surface area (Å²) in [5.41, 5.74) is 1.37. The van der Waals surface area contributed by atoms with Gasteiger partial charge in [0.2, 0.25) is 0 Å². The average molecular weight is 222 g/mol. The van der Waals surface area contributed by atoms with Crippen LogP contribution in [-0.2, 0) is 0 Å². The fourth-order valence-corrected chi connectivity index (χ4v) is 1.98. The van der Waals surface area contributed by atoms with Crippen LogP contribution in [0.1, 0.15) is 38.2 Å². The van der Waals surface area contributed by atoms with Gasteiger partial charge in [-0.2, -0.15) is 0 Å². The van der Waals surface area contributed by atoms with E-state index in [-0.39, 0.29) is 0 Å². The van der Waals surface area contributed by atoms with Crippen LogP contribution in [0.5, 0.6) is 5.75 Å². The van der Waals surface area contributed by atoms with Crippen molar-refractivity contribution in [2.45, 2.75) is 43.6 Å². The summed E-state index contributed by atoms with van der Waals surface area (Å²) >= 11 is 1.78. The van der Waals surface area contributed by atoms with Crippen LogP contribution in [0, 0.1) is 0 Å². The van der Waals surface area contributed by atoms with E-state index in [1.807, 2.05) is 0 Å². The summed E-state index contributed by atoms with van der Waals surface area (Å²) in [6.07, 6.45) is 5.04. The van der Waals surface area contributed by atoms with Gasteiger partial charge in [-0.3, -0.25) is 0 Å². The van der Waals surface area contributed by atoms with E-state index in [0.29, 0.717) is 12.0 Å². The van der Waals surface area contributed by atoms with E-state index >= 15 is 0 Å². The van der Waals surface area contributed by atoms with Gasteiger partial charge in [0.05, 0.1) is 6.10 Å². The minimum Gasteiger partial charge on any atom is -0.490 e. The molecule has 1 fully saturated rings. The summed E-state index contributed by atoms with van der Waals surface area (Å²) in [5, 5.41) is 0. The first-order valence-corrected chi connectivity index (χ1v) is 6.77. The molecule has 0 aliphatic heterocycles.